The number of rotatable bonds is 5. The number of hydrogen-bond acceptors (Lipinski definition) is 4. The van der Waals surface area contributed by atoms with E-state index in [0.29, 0.717) is 38.4 Å². The molecule has 0 aromatic heterocycles. The van der Waals surface area contributed by atoms with Crippen molar-refractivity contribution in [1.82, 2.24) is 0 Å². The van der Waals surface area contributed by atoms with Crippen LogP contribution >= 0.6 is 11.6 Å². The third-order valence-corrected chi connectivity index (χ3v) is 3.31. The van der Waals surface area contributed by atoms with E-state index in [0.717, 1.165) is 11.3 Å². The number of carbonyl (C=O) groups excluding carboxylic acids is 1. The zero-order valence-corrected chi connectivity index (χ0v) is 11.6. The monoisotopic (exact) mass is 284 g/mol. The summed E-state index contributed by atoms with van der Waals surface area (Å²) in [4.78, 5) is 11.3. The van der Waals surface area contributed by atoms with Crippen LogP contribution in [0.1, 0.15) is 30.7 Å². The van der Waals surface area contributed by atoms with Gasteiger partial charge in [0.15, 0.2) is 11.5 Å². The molecular formula is C14H17ClO4. The number of halogens is 1. The summed E-state index contributed by atoms with van der Waals surface area (Å²) in [6, 6.07) is 5.62. The van der Waals surface area contributed by atoms with Crippen LogP contribution in [0.4, 0.5) is 0 Å². The van der Waals surface area contributed by atoms with Gasteiger partial charge in [0, 0.05) is 6.42 Å². The third kappa shape index (κ3) is 3.77. The van der Waals surface area contributed by atoms with Crippen LogP contribution in [-0.2, 0) is 9.53 Å². The smallest absolute Gasteiger partial charge is 0.305 e. The number of benzene rings is 1. The highest BCUT2D eigenvalue weighted by Gasteiger charge is 2.16. The maximum Gasteiger partial charge on any atom is 0.305 e. The Bertz CT molecular complexity index is 447. The van der Waals surface area contributed by atoms with Gasteiger partial charge >= 0.3 is 5.97 Å². The third-order valence-electron chi connectivity index (χ3n) is 2.84. The first kappa shape index (κ1) is 14.0. The standard InChI is InChI=1S/C14H17ClO4/c1-2-17-14(16)6-4-11(15)10-3-5-12-13(9-10)19-8-7-18-12/h3,5,9,11H,2,4,6-8H2,1H3. The first-order valence-corrected chi connectivity index (χ1v) is 6.83. The number of esters is 1. The highest BCUT2D eigenvalue weighted by molar-refractivity contribution is 6.20. The van der Waals surface area contributed by atoms with Gasteiger partial charge in [-0.3, -0.25) is 4.79 Å². The molecule has 0 radical (unpaired) electrons. The Hall–Kier alpha value is -1.42. The summed E-state index contributed by atoms with van der Waals surface area (Å²) in [6.45, 7) is 3.30. The fraction of sp³-hybridized carbons (Fsp3) is 0.500. The predicted octanol–water partition coefficient (Wildman–Crippen LogP) is 3.08. The van der Waals surface area contributed by atoms with Crippen LogP contribution in [0.15, 0.2) is 18.2 Å². The van der Waals surface area contributed by atoms with Crippen molar-refractivity contribution in [3.05, 3.63) is 23.8 Å². The molecule has 0 spiro atoms. The van der Waals surface area contributed by atoms with E-state index in [1.165, 1.54) is 0 Å². The second kappa shape index (κ2) is 6.66. The van der Waals surface area contributed by atoms with E-state index in [4.69, 9.17) is 25.8 Å². The summed E-state index contributed by atoms with van der Waals surface area (Å²) >= 11 is 6.29. The maximum atomic E-state index is 11.3. The molecule has 5 heteroatoms. The molecule has 1 atom stereocenters. The fourth-order valence-electron chi connectivity index (χ4n) is 1.90. The number of hydrogen-bond donors (Lipinski definition) is 0. The zero-order valence-electron chi connectivity index (χ0n) is 10.9. The Kier molecular flexibility index (Phi) is 4.91. The quantitative estimate of drug-likeness (QED) is 0.616. The van der Waals surface area contributed by atoms with E-state index in [-0.39, 0.29) is 11.3 Å². The maximum absolute atomic E-state index is 11.3. The van der Waals surface area contributed by atoms with Crippen LogP contribution in [0, 0.1) is 0 Å². The van der Waals surface area contributed by atoms with Crippen LogP contribution in [0.5, 0.6) is 11.5 Å². The summed E-state index contributed by atoms with van der Waals surface area (Å²) < 4.78 is 15.8. The van der Waals surface area contributed by atoms with Crippen LogP contribution in [0.2, 0.25) is 0 Å². The van der Waals surface area contributed by atoms with Crippen molar-refractivity contribution in [2.75, 3.05) is 19.8 Å². The van der Waals surface area contributed by atoms with Gasteiger partial charge in [0.05, 0.1) is 12.0 Å². The van der Waals surface area contributed by atoms with Crippen molar-refractivity contribution < 1.29 is 19.0 Å². The molecule has 2 rings (SSSR count). The lowest BCUT2D eigenvalue weighted by atomic mass is 10.1. The molecule has 1 aliphatic rings. The van der Waals surface area contributed by atoms with Gasteiger partial charge in [-0.25, -0.2) is 0 Å². The molecule has 0 N–H and O–H groups in total. The van der Waals surface area contributed by atoms with E-state index in [2.05, 4.69) is 0 Å². The lowest BCUT2D eigenvalue weighted by Gasteiger charge is -2.20. The van der Waals surface area contributed by atoms with E-state index in [1.54, 1.807) is 6.92 Å². The molecule has 4 nitrogen and oxygen atoms in total. The summed E-state index contributed by atoms with van der Waals surface area (Å²) in [5.41, 5.74) is 0.926. The summed E-state index contributed by atoms with van der Waals surface area (Å²) in [6.07, 6.45) is 0.858. The van der Waals surface area contributed by atoms with Gasteiger partial charge in [-0.2, -0.15) is 0 Å². The summed E-state index contributed by atoms with van der Waals surface area (Å²) in [5.74, 6) is 1.24. The van der Waals surface area contributed by atoms with Crippen molar-refractivity contribution in [3.8, 4) is 11.5 Å². The number of ether oxygens (including phenoxy) is 3. The Morgan fingerprint density at radius 1 is 1.37 bits per heavy atom. The number of carbonyl (C=O) groups is 1. The molecule has 1 aliphatic heterocycles. The largest absolute Gasteiger partial charge is 0.486 e. The fourth-order valence-corrected chi connectivity index (χ4v) is 2.14. The van der Waals surface area contributed by atoms with Crippen LogP contribution in [0.25, 0.3) is 0 Å². The van der Waals surface area contributed by atoms with E-state index in [1.807, 2.05) is 18.2 Å². The minimum Gasteiger partial charge on any atom is -0.486 e. The molecule has 1 unspecified atom stereocenters. The van der Waals surface area contributed by atoms with Crippen molar-refractivity contribution in [1.29, 1.82) is 0 Å². The van der Waals surface area contributed by atoms with Crippen molar-refractivity contribution in [2.45, 2.75) is 25.1 Å². The molecule has 0 aliphatic carbocycles. The average Bonchev–Trinajstić information content (AvgIpc) is 2.44. The minimum atomic E-state index is -0.236. The Labute approximate surface area is 117 Å². The first-order chi connectivity index (χ1) is 9.20. The molecule has 0 bridgehead atoms. The molecular weight excluding hydrogens is 268 g/mol. The molecule has 0 saturated carbocycles. The first-order valence-electron chi connectivity index (χ1n) is 6.40. The van der Waals surface area contributed by atoms with Crippen molar-refractivity contribution >= 4 is 17.6 Å². The molecule has 0 amide bonds. The van der Waals surface area contributed by atoms with Gasteiger partial charge in [0.25, 0.3) is 0 Å². The average molecular weight is 285 g/mol. The van der Waals surface area contributed by atoms with Crippen LogP contribution in [-0.4, -0.2) is 25.8 Å². The van der Waals surface area contributed by atoms with Gasteiger partial charge in [0.2, 0.25) is 0 Å². The van der Waals surface area contributed by atoms with E-state index in [9.17, 15) is 4.79 Å². The summed E-state index contributed by atoms with van der Waals surface area (Å²) in [7, 11) is 0. The molecule has 19 heavy (non-hydrogen) atoms. The van der Waals surface area contributed by atoms with E-state index >= 15 is 0 Å². The van der Waals surface area contributed by atoms with E-state index < -0.39 is 0 Å². The Morgan fingerprint density at radius 2 is 2.11 bits per heavy atom. The molecule has 1 aromatic carbocycles. The lowest BCUT2D eigenvalue weighted by molar-refractivity contribution is -0.143. The molecule has 0 fully saturated rings. The Balaban J connectivity index is 1.95. The normalized spacial score (nSPS) is 14.8. The molecule has 104 valence electrons. The van der Waals surface area contributed by atoms with Crippen LogP contribution < -0.4 is 9.47 Å². The van der Waals surface area contributed by atoms with Gasteiger partial charge in [-0.15, -0.1) is 11.6 Å². The highest BCUT2D eigenvalue weighted by atomic mass is 35.5. The highest BCUT2D eigenvalue weighted by Crippen LogP contribution is 2.35. The SMILES string of the molecule is CCOC(=O)CCC(Cl)c1ccc2c(c1)OCCO2. The van der Waals surface area contributed by atoms with Gasteiger partial charge in [-0.1, -0.05) is 6.07 Å². The Morgan fingerprint density at radius 3 is 2.84 bits per heavy atom. The summed E-state index contributed by atoms with van der Waals surface area (Å²) in [5, 5.41) is -0.236. The topological polar surface area (TPSA) is 44.8 Å². The van der Waals surface area contributed by atoms with Crippen molar-refractivity contribution in [3.63, 3.8) is 0 Å². The van der Waals surface area contributed by atoms with Crippen LogP contribution in [0.3, 0.4) is 0 Å². The number of alkyl halides is 1. The lowest BCUT2D eigenvalue weighted by Crippen LogP contribution is -2.15. The minimum absolute atomic E-state index is 0.217. The van der Waals surface area contributed by atoms with Gasteiger partial charge < -0.3 is 14.2 Å². The predicted molar refractivity (Wildman–Crippen MR) is 71.9 cm³/mol. The van der Waals surface area contributed by atoms with Crippen molar-refractivity contribution in [2.24, 2.45) is 0 Å². The molecule has 1 heterocycles. The molecule has 0 saturated heterocycles. The second-order valence-corrected chi connectivity index (χ2v) is 4.74. The second-order valence-electron chi connectivity index (χ2n) is 4.21. The zero-order chi connectivity index (χ0) is 13.7. The van der Waals surface area contributed by atoms with Gasteiger partial charge in [-0.05, 0) is 31.0 Å². The number of fused-ring (bicyclic) bond motifs is 1. The van der Waals surface area contributed by atoms with Gasteiger partial charge in [0.1, 0.15) is 13.2 Å². The molecule has 1 aromatic rings.